The van der Waals surface area contributed by atoms with E-state index in [1.54, 1.807) is 0 Å². The molecule has 0 aliphatic carbocycles. The van der Waals surface area contributed by atoms with E-state index in [0.29, 0.717) is 5.92 Å². The molecular formula is C19H20ClN3O. The van der Waals surface area contributed by atoms with Crippen molar-refractivity contribution in [1.29, 1.82) is 0 Å². The second-order valence-electron chi connectivity index (χ2n) is 6.35. The number of hydrogen-bond acceptors (Lipinski definition) is 3. The van der Waals surface area contributed by atoms with Crippen LogP contribution in [0, 0.1) is 5.92 Å². The number of aryl methyl sites for hydroxylation is 1. The van der Waals surface area contributed by atoms with Crippen molar-refractivity contribution in [1.82, 2.24) is 14.5 Å². The monoisotopic (exact) mass is 341 g/mol. The van der Waals surface area contributed by atoms with E-state index in [-0.39, 0.29) is 0 Å². The van der Waals surface area contributed by atoms with Crippen LogP contribution >= 0.6 is 11.6 Å². The van der Waals surface area contributed by atoms with Crippen LogP contribution in [-0.4, -0.2) is 27.7 Å². The van der Waals surface area contributed by atoms with Crippen molar-refractivity contribution in [3.63, 3.8) is 0 Å². The summed E-state index contributed by atoms with van der Waals surface area (Å²) in [6.07, 6.45) is 7.44. The molecule has 4 rings (SSSR count). The SMILES string of the molecule is Clc1ccc2nc(-c3nccn3CCC3CCCOC3)ccc2c1. The van der Waals surface area contributed by atoms with E-state index in [4.69, 9.17) is 21.3 Å². The van der Waals surface area contributed by atoms with E-state index in [1.807, 2.05) is 36.7 Å². The lowest BCUT2D eigenvalue weighted by molar-refractivity contribution is 0.0501. The first kappa shape index (κ1) is 15.6. The van der Waals surface area contributed by atoms with Crippen LogP contribution in [0.1, 0.15) is 19.3 Å². The Morgan fingerprint density at radius 2 is 2.21 bits per heavy atom. The van der Waals surface area contributed by atoms with Gasteiger partial charge in [0, 0.05) is 42.6 Å². The molecule has 24 heavy (non-hydrogen) atoms. The van der Waals surface area contributed by atoms with Gasteiger partial charge in [-0.2, -0.15) is 0 Å². The van der Waals surface area contributed by atoms with E-state index in [1.165, 1.54) is 12.8 Å². The molecule has 3 heterocycles. The summed E-state index contributed by atoms with van der Waals surface area (Å²) in [6.45, 7) is 2.75. The van der Waals surface area contributed by atoms with Gasteiger partial charge in [0.2, 0.25) is 0 Å². The molecule has 1 fully saturated rings. The molecule has 4 nitrogen and oxygen atoms in total. The van der Waals surface area contributed by atoms with E-state index in [2.05, 4.69) is 15.6 Å². The van der Waals surface area contributed by atoms with Gasteiger partial charge in [-0.1, -0.05) is 17.7 Å². The molecule has 1 unspecified atom stereocenters. The minimum absolute atomic E-state index is 0.653. The lowest BCUT2D eigenvalue weighted by Crippen LogP contribution is -2.19. The fourth-order valence-electron chi connectivity index (χ4n) is 3.30. The molecule has 1 aromatic carbocycles. The first-order valence-electron chi connectivity index (χ1n) is 8.45. The molecule has 3 aromatic rings. The Hall–Kier alpha value is -1.91. The Kier molecular flexibility index (Phi) is 4.50. The van der Waals surface area contributed by atoms with Crippen molar-refractivity contribution in [2.24, 2.45) is 5.92 Å². The number of aromatic nitrogens is 3. The molecule has 124 valence electrons. The number of rotatable bonds is 4. The van der Waals surface area contributed by atoms with Crippen molar-refractivity contribution in [3.8, 4) is 11.5 Å². The molecule has 0 saturated carbocycles. The smallest absolute Gasteiger partial charge is 0.158 e. The van der Waals surface area contributed by atoms with Crippen molar-refractivity contribution in [2.45, 2.75) is 25.8 Å². The average Bonchev–Trinajstić information content (AvgIpc) is 3.09. The normalized spacial score (nSPS) is 18.1. The summed E-state index contributed by atoms with van der Waals surface area (Å²) in [6, 6.07) is 9.83. The number of imidazole rings is 1. The van der Waals surface area contributed by atoms with Crippen molar-refractivity contribution in [2.75, 3.05) is 13.2 Å². The fraction of sp³-hybridized carbons (Fsp3) is 0.368. The van der Waals surface area contributed by atoms with E-state index < -0.39 is 0 Å². The molecule has 0 radical (unpaired) electrons. The number of ether oxygens (including phenoxy) is 1. The zero-order chi connectivity index (χ0) is 16.4. The van der Waals surface area contributed by atoms with Gasteiger partial charge >= 0.3 is 0 Å². The van der Waals surface area contributed by atoms with Gasteiger partial charge in [-0.25, -0.2) is 9.97 Å². The largest absolute Gasteiger partial charge is 0.381 e. The second-order valence-corrected chi connectivity index (χ2v) is 6.79. The van der Waals surface area contributed by atoms with Crippen LogP contribution in [-0.2, 0) is 11.3 Å². The number of halogens is 1. The number of nitrogens with zero attached hydrogens (tertiary/aromatic N) is 3. The first-order chi connectivity index (χ1) is 11.8. The molecule has 2 aromatic heterocycles. The first-order valence-corrected chi connectivity index (χ1v) is 8.83. The Balaban J connectivity index is 1.56. The molecule has 1 aliphatic rings. The molecule has 0 N–H and O–H groups in total. The Morgan fingerprint density at radius 3 is 3.08 bits per heavy atom. The number of benzene rings is 1. The third-order valence-electron chi connectivity index (χ3n) is 4.63. The summed E-state index contributed by atoms with van der Waals surface area (Å²) in [7, 11) is 0. The third kappa shape index (κ3) is 3.30. The Morgan fingerprint density at radius 1 is 1.25 bits per heavy atom. The number of hydrogen-bond donors (Lipinski definition) is 0. The van der Waals surface area contributed by atoms with Gasteiger partial charge < -0.3 is 9.30 Å². The van der Waals surface area contributed by atoms with Crippen LogP contribution in [0.5, 0.6) is 0 Å². The van der Waals surface area contributed by atoms with Crippen molar-refractivity contribution < 1.29 is 4.74 Å². The van der Waals surface area contributed by atoms with Crippen LogP contribution in [0.3, 0.4) is 0 Å². The zero-order valence-corrected chi connectivity index (χ0v) is 14.2. The maximum absolute atomic E-state index is 6.04. The topological polar surface area (TPSA) is 39.9 Å². The molecular weight excluding hydrogens is 322 g/mol. The van der Waals surface area contributed by atoms with Crippen LogP contribution in [0.25, 0.3) is 22.4 Å². The molecule has 1 saturated heterocycles. The van der Waals surface area contributed by atoms with E-state index in [0.717, 1.165) is 53.6 Å². The highest BCUT2D eigenvalue weighted by atomic mass is 35.5. The summed E-state index contributed by atoms with van der Waals surface area (Å²) >= 11 is 6.04. The fourth-order valence-corrected chi connectivity index (χ4v) is 3.48. The molecule has 0 bridgehead atoms. The number of pyridine rings is 1. The van der Waals surface area contributed by atoms with Crippen molar-refractivity contribution >= 4 is 22.5 Å². The Bertz CT molecular complexity index is 839. The summed E-state index contributed by atoms with van der Waals surface area (Å²) in [5.41, 5.74) is 1.84. The lowest BCUT2D eigenvalue weighted by Gasteiger charge is -2.22. The van der Waals surface area contributed by atoms with Gasteiger partial charge in [0.1, 0.15) is 5.69 Å². The van der Waals surface area contributed by atoms with Crippen LogP contribution in [0.2, 0.25) is 5.02 Å². The predicted molar refractivity (Wildman–Crippen MR) is 96.1 cm³/mol. The van der Waals surface area contributed by atoms with Gasteiger partial charge in [-0.3, -0.25) is 0 Å². The van der Waals surface area contributed by atoms with Gasteiger partial charge in [-0.15, -0.1) is 0 Å². The quantitative estimate of drug-likeness (QED) is 0.698. The molecule has 1 aliphatic heterocycles. The maximum atomic E-state index is 6.04. The second kappa shape index (κ2) is 6.91. The van der Waals surface area contributed by atoms with Crippen molar-refractivity contribution in [3.05, 3.63) is 47.7 Å². The Labute approximate surface area is 146 Å². The van der Waals surface area contributed by atoms with Gasteiger partial charge in [0.25, 0.3) is 0 Å². The molecule has 5 heteroatoms. The summed E-state index contributed by atoms with van der Waals surface area (Å²) in [5.74, 6) is 1.57. The summed E-state index contributed by atoms with van der Waals surface area (Å²) in [4.78, 5) is 9.27. The lowest BCUT2D eigenvalue weighted by atomic mass is 9.99. The summed E-state index contributed by atoms with van der Waals surface area (Å²) < 4.78 is 7.77. The minimum Gasteiger partial charge on any atom is -0.381 e. The van der Waals surface area contributed by atoms with Crippen LogP contribution in [0.15, 0.2) is 42.7 Å². The molecule has 0 spiro atoms. The minimum atomic E-state index is 0.653. The van der Waals surface area contributed by atoms with Gasteiger partial charge in [0.05, 0.1) is 5.52 Å². The van der Waals surface area contributed by atoms with Gasteiger partial charge in [0.15, 0.2) is 5.82 Å². The third-order valence-corrected chi connectivity index (χ3v) is 4.86. The van der Waals surface area contributed by atoms with E-state index in [9.17, 15) is 0 Å². The highest BCUT2D eigenvalue weighted by Gasteiger charge is 2.15. The highest BCUT2D eigenvalue weighted by molar-refractivity contribution is 6.31. The maximum Gasteiger partial charge on any atom is 0.158 e. The number of fused-ring (bicyclic) bond motifs is 1. The predicted octanol–water partition coefficient (Wildman–Crippen LogP) is 4.57. The standard InChI is InChI=1S/C19H20ClN3O/c20-16-4-6-17-15(12-16)3-5-18(22-17)19-21-8-10-23(19)9-7-14-2-1-11-24-13-14/h3-6,8,10,12,14H,1-2,7,9,11,13H2. The average molecular weight is 342 g/mol. The molecule has 1 atom stereocenters. The summed E-state index contributed by atoms with van der Waals surface area (Å²) in [5, 5.41) is 1.77. The molecule has 0 amide bonds. The van der Waals surface area contributed by atoms with Crippen LogP contribution < -0.4 is 0 Å². The van der Waals surface area contributed by atoms with E-state index >= 15 is 0 Å². The van der Waals surface area contributed by atoms with Crippen LogP contribution in [0.4, 0.5) is 0 Å². The van der Waals surface area contributed by atoms with Gasteiger partial charge in [-0.05, 0) is 49.4 Å². The highest BCUT2D eigenvalue weighted by Crippen LogP contribution is 2.24. The zero-order valence-electron chi connectivity index (χ0n) is 13.5.